The quantitative estimate of drug-likeness (QED) is 0.678. The molecule has 0 bridgehead atoms. The van der Waals surface area contributed by atoms with Crippen LogP contribution in [0.1, 0.15) is 57.9 Å². The molecule has 20 heavy (non-hydrogen) atoms. The maximum absolute atomic E-state index is 11.2. The summed E-state index contributed by atoms with van der Waals surface area (Å²) in [4.78, 5) is 11.2. The van der Waals surface area contributed by atoms with Gasteiger partial charge in [0.05, 0.1) is 12.5 Å². The van der Waals surface area contributed by atoms with Gasteiger partial charge in [-0.15, -0.1) is 0 Å². The summed E-state index contributed by atoms with van der Waals surface area (Å²) in [6, 6.07) is 7.86. The second-order valence-electron chi connectivity index (χ2n) is 5.27. The van der Waals surface area contributed by atoms with E-state index in [-0.39, 0.29) is 11.8 Å². The second kappa shape index (κ2) is 8.62. The van der Waals surface area contributed by atoms with Crippen molar-refractivity contribution in [1.29, 1.82) is 0 Å². The number of carbonyl (C=O) groups is 1. The lowest BCUT2D eigenvalue weighted by molar-refractivity contribution is -0.141. The van der Waals surface area contributed by atoms with Crippen LogP contribution in [-0.4, -0.2) is 17.7 Å². The largest absolute Gasteiger partial charge is 0.494 e. The molecule has 0 spiro atoms. The first kappa shape index (κ1) is 16.5. The molecule has 0 saturated heterocycles. The number of rotatable bonds is 9. The van der Waals surface area contributed by atoms with Gasteiger partial charge in [-0.3, -0.25) is 4.79 Å². The summed E-state index contributed by atoms with van der Waals surface area (Å²) in [6.45, 7) is 6.69. The van der Waals surface area contributed by atoms with Crippen LogP contribution in [0.2, 0.25) is 0 Å². The molecule has 1 aromatic rings. The summed E-state index contributed by atoms with van der Waals surface area (Å²) in [7, 11) is 0. The Morgan fingerprint density at radius 1 is 1.30 bits per heavy atom. The van der Waals surface area contributed by atoms with Gasteiger partial charge < -0.3 is 9.84 Å². The number of carboxylic acid groups (broad SMARTS) is 1. The van der Waals surface area contributed by atoms with Crippen LogP contribution in [0.15, 0.2) is 24.3 Å². The van der Waals surface area contributed by atoms with Gasteiger partial charge in [-0.2, -0.15) is 0 Å². The monoisotopic (exact) mass is 278 g/mol. The fourth-order valence-electron chi connectivity index (χ4n) is 2.43. The third-order valence-electron chi connectivity index (χ3n) is 3.74. The third kappa shape index (κ3) is 4.87. The zero-order valence-corrected chi connectivity index (χ0v) is 12.8. The van der Waals surface area contributed by atoms with E-state index >= 15 is 0 Å². The SMILES string of the molecule is CCCCCOc1cccc([C@H](CC)[C@@H](C)C(=O)O)c1. The first-order valence-corrected chi connectivity index (χ1v) is 7.55. The van der Waals surface area contributed by atoms with Gasteiger partial charge in [0.15, 0.2) is 0 Å². The molecular weight excluding hydrogens is 252 g/mol. The summed E-state index contributed by atoms with van der Waals surface area (Å²) in [5, 5.41) is 9.18. The molecule has 0 fully saturated rings. The van der Waals surface area contributed by atoms with Crippen LogP contribution in [0.5, 0.6) is 5.75 Å². The lowest BCUT2D eigenvalue weighted by Gasteiger charge is -2.20. The second-order valence-corrected chi connectivity index (χ2v) is 5.27. The number of ether oxygens (including phenoxy) is 1. The number of carboxylic acids is 1. The van der Waals surface area contributed by atoms with Gasteiger partial charge in [0.1, 0.15) is 5.75 Å². The van der Waals surface area contributed by atoms with Crippen LogP contribution in [0.25, 0.3) is 0 Å². The normalized spacial score (nSPS) is 13.8. The van der Waals surface area contributed by atoms with Crippen LogP contribution in [0.3, 0.4) is 0 Å². The minimum Gasteiger partial charge on any atom is -0.494 e. The van der Waals surface area contributed by atoms with Crippen molar-refractivity contribution >= 4 is 5.97 Å². The van der Waals surface area contributed by atoms with Crippen LogP contribution in [0, 0.1) is 5.92 Å². The van der Waals surface area contributed by atoms with Gasteiger partial charge in [0.2, 0.25) is 0 Å². The molecule has 0 aliphatic carbocycles. The van der Waals surface area contributed by atoms with Gasteiger partial charge >= 0.3 is 5.97 Å². The molecule has 0 radical (unpaired) electrons. The summed E-state index contributed by atoms with van der Waals surface area (Å²) < 4.78 is 5.74. The van der Waals surface area contributed by atoms with E-state index in [4.69, 9.17) is 4.74 Å². The van der Waals surface area contributed by atoms with Crippen molar-refractivity contribution in [2.45, 2.75) is 52.4 Å². The first-order valence-electron chi connectivity index (χ1n) is 7.55. The van der Waals surface area contributed by atoms with Gasteiger partial charge in [-0.25, -0.2) is 0 Å². The van der Waals surface area contributed by atoms with Crippen molar-refractivity contribution in [3.63, 3.8) is 0 Å². The Kier molecular flexibility index (Phi) is 7.13. The van der Waals surface area contributed by atoms with E-state index in [9.17, 15) is 9.90 Å². The molecule has 3 heteroatoms. The van der Waals surface area contributed by atoms with Crippen molar-refractivity contribution in [2.75, 3.05) is 6.61 Å². The van der Waals surface area contributed by atoms with Crippen LogP contribution in [-0.2, 0) is 4.79 Å². The van der Waals surface area contributed by atoms with Crippen LogP contribution < -0.4 is 4.74 Å². The highest BCUT2D eigenvalue weighted by atomic mass is 16.5. The molecule has 1 rings (SSSR count). The van der Waals surface area contributed by atoms with E-state index in [1.807, 2.05) is 31.2 Å². The number of hydrogen-bond acceptors (Lipinski definition) is 2. The van der Waals surface area contributed by atoms with Crippen molar-refractivity contribution < 1.29 is 14.6 Å². The van der Waals surface area contributed by atoms with Gasteiger partial charge in [-0.1, -0.05) is 45.7 Å². The highest BCUT2D eigenvalue weighted by Crippen LogP contribution is 2.30. The van der Waals surface area contributed by atoms with E-state index in [1.165, 1.54) is 12.8 Å². The third-order valence-corrected chi connectivity index (χ3v) is 3.74. The number of hydrogen-bond donors (Lipinski definition) is 1. The van der Waals surface area contributed by atoms with E-state index < -0.39 is 5.97 Å². The van der Waals surface area contributed by atoms with Crippen molar-refractivity contribution in [1.82, 2.24) is 0 Å². The average molecular weight is 278 g/mol. The maximum Gasteiger partial charge on any atom is 0.306 e. The molecule has 3 nitrogen and oxygen atoms in total. The highest BCUT2D eigenvalue weighted by molar-refractivity contribution is 5.71. The molecule has 0 saturated carbocycles. The Morgan fingerprint density at radius 2 is 2.05 bits per heavy atom. The van der Waals surface area contributed by atoms with Crippen LogP contribution in [0.4, 0.5) is 0 Å². The molecular formula is C17H26O3. The zero-order chi connectivity index (χ0) is 15.0. The number of benzene rings is 1. The molecule has 0 heterocycles. The number of aliphatic carboxylic acids is 1. The van der Waals surface area contributed by atoms with E-state index in [1.54, 1.807) is 6.92 Å². The number of unbranched alkanes of at least 4 members (excludes halogenated alkanes) is 2. The molecule has 0 aromatic heterocycles. The van der Waals surface area contributed by atoms with E-state index in [2.05, 4.69) is 6.92 Å². The molecule has 0 amide bonds. The zero-order valence-electron chi connectivity index (χ0n) is 12.8. The van der Waals surface area contributed by atoms with Crippen LogP contribution >= 0.6 is 0 Å². The van der Waals surface area contributed by atoms with Gasteiger partial charge in [0, 0.05) is 0 Å². The van der Waals surface area contributed by atoms with E-state index in [0.29, 0.717) is 0 Å². The smallest absolute Gasteiger partial charge is 0.306 e. The lowest BCUT2D eigenvalue weighted by atomic mass is 9.85. The van der Waals surface area contributed by atoms with Crippen molar-refractivity contribution in [2.24, 2.45) is 5.92 Å². The Hall–Kier alpha value is -1.51. The van der Waals surface area contributed by atoms with Gasteiger partial charge in [-0.05, 0) is 36.5 Å². The Labute approximate surface area is 122 Å². The Bertz CT molecular complexity index is 414. The molecule has 0 aliphatic rings. The summed E-state index contributed by atoms with van der Waals surface area (Å²) >= 11 is 0. The average Bonchev–Trinajstić information content (AvgIpc) is 2.45. The highest BCUT2D eigenvalue weighted by Gasteiger charge is 2.23. The Balaban J connectivity index is 2.72. The lowest BCUT2D eigenvalue weighted by Crippen LogP contribution is -2.18. The molecule has 0 aliphatic heterocycles. The Morgan fingerprint density at radius 3 is 2.65 bits per heavy atom. The molecule has 0 unspecified atom stereocenters. The molecule has 2 atom stereocenters. The van der Waals surface area contributed by atoms with Crippen molar-refractivity contribution in [3.8, 4) is 5.75 Å². The molecule has 112 valence electrons. The standard InChI is InChI=1S/C17H26O3/c1-4-6-7-11-20-15-10-8-9-14(12-15)16(5-2)13(3)17(18)19/h8-10,12-13,16H,4-7,11H2,1-3H3,(H,18,19)/t13-,16-/m1/s1. The maximum atomic E-state index is 11.2. The fraction of sp³-hybridized carbons (Fsp3) is 0.588. The van der Waals surface area contributed by atoms with Crippen molar-refractivity contribution in [3.05, 3.63) is 29.8 Å². The molecule has 1 aromatic carbocycles. The predicted octanol–water partition coefficient (Wildman–Crippen LogP) is 4.47. The summed E-state index contributed by atoms with van der Waals surface area (Å²) in [5.41, 5.74) is 1.05. The predicted molar refractivity (Wildman–Crippen MR) is 81.3 cm³/mol. The topological polar surface area (TPSA) is 46.5 Å². The summed E-state index contributed by atoms with van der Waals surface area (Å²) in [5.74, 6) is -0.247. The minimum absolute atomic E-state index is 0.0340. The summed E-state index contributed by atoms with van der Waals surface area (Å²) in [6.07, 6.45) is 4.22. The van der Waals surface area contributed by atoms with Gasteiger partial charge in [0.25, 0.3) is 0 Å². The fourth-order valence-corrected chi connectivity index (χ4v) is 2.43. The minimum atomic E-state index is -0.744. The van der Waals surface area contributed by atoms with E-state index in [0.717, 1.165) is 30.8 Å². The first-order chi connectivity index (χ1) is 9.60. The molecule has 1 N–H and O–H groups in total.